The summed E-state index contributed by atoms with van der Waals surface area (Å²) in [7, 11) is 0. The van der Waals surface area contributed by atoms with E-state index in [0.29, 0.717) is 19.5 Å². The van der Waals surface area contributed by atoms with Crippen molar-refractivity contribution in [1.29, 1.82) is 0 Å². The van der Waals surface area contributed by atoms with Gasteiger partial charge in [0.1, 0.15) is 11.8 Å². The predicted molar refractivity (Wildman–Crippen MR) is 91.3 cm³/mol. The molecule has 0 saturated carbocycles. The summed E-state index contributed by atoms with van der Waals surface area (Å²) in [6.45, 7) is 1.18. The second kappa shape index (κ2) is 7.76. The number of hydrazine groups is 1. The van der Waals surface area contributed by atoms with Crippen molar-refractivity contribution in [3.63, 3.8) is 0 Å². The van der Waals surface area contributed by atoms with Crippen LogP contribution in [0.25, 0.3) is 0 Å². The van der Waals surface area contributed by atoms with Crippen LogP contribution in [0.3, 0.4) is 0 Å². The van der Waals surface area contributed by atoms with Crippen molar-refractivity contribution in [3.8, 4) is 5.75 Å². The van der Waals surface area contributed by atoms with Crippen molar-refractivity contribution in [3.05, 3.63) is 54.4 Å². The molecule has 1 aliphatic heterocycles. The first-order valence-corrected chi connectivity index (χ1v) is 7.94. The third-order valence-electron chi connectivity index (χ3n) is 3.93. The summed E-state index contributed by atoms with van der Waals surface area (Å²) >= 11 is 0. The van der Waals surface area contributed by atoms with E-state index in [4.69, 9.17) is 0 Å². The summed E-state index contributed by atoms with van der Waals surface area (Å²) in [6.07, 6.45) is 4.12. The summed E-state index contributed by atoms with van der Waals surface area (Å²) in [5, 5.41) is 15.4. The van der Waals surface area contributed by atoms with Gasteiger partial charge in [-0.15, -0.1) is 0 Å². The van der Waals surface area contributed by atoms with Crippen LogP contribution < -0.4 is 21.5 Å². The highest BCUT2D eigenvalue weighted by Crippen LogP contribution is 2.23. The van der Waals surface area contributed by atoms with Crippen molar-refractivity contribution in [2.75, 3.05) is 18.4 Å². The largest absolute Gasteiger partial charge is 0.508 e. The maximum absolute atomic E-state index is 12.2. The van der Waals surface area contributed by atoms with Crippen LogP contribution in [0.5, 0.6) is 5.75 Å². The molecule has 1 amide bonds. The number of hydrogen-bond donors (Lipinski definition) is 5. The number of amides is 1. The van der Waals surface area contributed by atoms with E-state index in [9.17, 15) is 9.90 Å². The molecule has 1 aromatic carbocycles. The van der Waals surface area contributed by atoms with Gasteiger partial charge in [0, 0.05) is 31.5 Å². The molecule has 3 rings (SSSR count). The van der Waals surface area contributed by atoms with E-state index in [2.05, 4.69) is 26.5 Å². The zero-order valence-corrected chi connectivity index (χ0v) is 13.2. The van der Waals surface area contributed by atoms with Gasteiger partial charge in [-0.2, -0.15) is 0 Å². The van der Waals surface area contributed by atoms with Crippen molar-refractivity contribution in [1.82, 2.24) is 21.2 Å². The van der Waals surface area contributed by atoms with Gasteiger partial charge in [0.25, 0.3) is 0 Å². The number of anilines is 1. The van der Waals surface area contributed by atoms with Gasteiger partial charge in [-0.1, -0.05) is 12.1 Å². The smallest absolute Gasteiger partial charge is 0.238 e. The SMILES string of the molecule is O=C(NCCNc1cccnc1)C1CC(c2ccc(O)cc2)NN1. The zero-order valence-electron chi connectivity index (χ0n) is 13.2. The van der Waals surface area contributed by atoms with Crippen molar-refractivity contribution in [2.24, 2.45) is 0 Å². The molecule has 2 atom stereocenters. The van der Waals surface area contributed by atoms with Gasteiger partial charge < -0.3 is 15.7 Å². The first kappa shape index (κ1) is 16.2. The standard InChI is InChI=1S/C17H21N5O2/c23-14-5-3-12(4-6-14)15-10-16(22-21-15)17(24)20-9-8-19-13-2-1-7-18-11-13/h1-7,11,15-16,19,21-23H,8-10H2,(H,20,24). The first-order chi connectivity index (χ1) is 11.7. The highest BCUT2D eigenvalue weighted by Gasteiger charge is 2.29. The lowest BCUT2D eigenvalue weighted by molar-refractivity contribution is -0.122. The van der Waals surface area contributed by atoms with Crippen LogP contribution >= 0.6 is 0 Å². The number of pyridine rings is 1. The summed E-state index contributed by atoms with van der Waals surface area (Å²) < 4.78 is 0. The lowest BCUT2D eigenvalue weighted by atomic mass is 10.0. The van der Waals surface area contributed by atoms with Crippen LogP contribution in [-0.4, -0.2) is 35.1 Å². The molecule has 2 unspecified atom stereocenters. The number of hydrogen-bond acceptors (Lipinski definition) is 6. The molecule has 7 nitrogen and oxygen atoms in total. The Balaban J connectivity index is 1.40. The molecule has 0 radical (unpaired) electrons. The number of rotatable bonds is 6. The highest BCUT2D eigenvalue weighted by atomic mass is 16.3. The van der Waals surface area contributed by atoms with Gasteiger partial charge in [0.05, 0.1) is 5.69 Å². The maximum atomic E-state index is 12.2. The minimum absolute atomic E-state index is 0.0308. The number of nitrogens with zero attached hydrogens (tertiary/aromatic N) is 1. The topological polar surface area (TPSA) is 98.3 Å². The quantitative estimate of drug-likeness (QED) is 0.506. The van der Waals surface area contributed by atoms with Gasteiger partial charge in [0.2, 0.25) is 5.91 Å². The Morgan fingerprint density at radius 2 is 2.04 bits per heavy atom. The first-order valence-electron chi connectivity index (χ1n) is 7.94. The Morgan fingerprint density at radius 1 is 1.21 bits per heavy atom. The van der Waals surface area contributed by atoms with Gasteiger partial charge in [-0.3, -0.25) is 9.78 Å². The lowest BCUT2D eigenvalue weighted by Crippen LogP contribution is -2.44. The Labute approximate surface area is 140 Å². The number of aromatic nitrogens is 1. The molecule has 1 aromatic heterocycles. The number of aromatic hydroxyl groups is 1. The molecular weight excluding hydrogens is 306 g/mol. The molecule has 5 N–H and O–H groups in total. The second-order valence-electron chi connectivity index (χ2n) is 5.68. The summed E-state index contributed by atoms with van der Waals surface area (Å²) in [4.78, 5) is 16.2. The second-order valence-corrected chi connectivity index (χ2v) is 5.68. The fourth-order valence-corrected chi connectivity index (χ4v) is 2.64. The van der Waals surface area contributed by atoms with E-state index >= 15 is 0 Å². The van der Waals surface area contributed by atoms with Crippen LogP contribution in [0.15, 0.2) is 48.8 Å². The Kier molecular flexibility index (Phi) is 5.25. The van der Waals surface area contributed by atoms with Gasteiger partial charge >= 0.3 is 0 Å². The lowest BCUT2D eigenvalue weighted by Gasteiger charge is -2.11. The molecule has 1 fully saturated rings. The molecule has 0 spiro atoms. The fraction of sp³-hybridized carbons (Fsp3) is 0.294. The van der Waals surface area contributed by atoms with Crippen LogP contribution in [0.1, 0.15) is 18.0 Å². The van der Waals surface area contributed by atoms with Crippen LogP contribution in [-0.2, 0) is 4.79 Å². The third kappa shape index (κ3) is 4.21. The minimum atomic E-state index is -0.276. The molecule has 2 aromatic rings. The normalized spacial score (nSPS) is 19.8. The zero-order chi connectivity index (χ0) is 16.8. The maximum Gasteiger partial charge on any atom is 0.238 e. The molecule has 24 heavy (non-hydrogen) atoms. The Hall–Kier alpha value is -2.64. The van der Waals surface area contributed by atoms with Crippen molar-refractivity contribution >= 4 is 11.6 Å². The van der Waals surface area contributed by atoms with Crippen molar-refractivity contribution in [2.45, 2.75) is 18.5 Å². The fourth-order valence-electron chi connectivity index (χ4n) is 2.64. The number of carbonyl (C=O) groups excluding carboxylic acids is 1. The summed E-state index contributed by atoms with van der Waals surface area (Å²) in [6, 6.07) is 10.6. The Morgan fingerprint density at radius 3 is 2.79 bits per heavy atom. The minimum Gasteiger partial charge on any atom is -0.508 e. The molecule has 126 valence electrons. The van der Waals surface area contributed by atoms with Crippen LogP contribution in [0.4, 0.5) is 5.69 Å². The molecule has 0 bridgehead atoms. The number of phenols is 1. The monoisotopic (exact) mass is 327 g/mol. The predicted octanol–water partition coefficient (Wildman–Crippen LogP) is 0.923. The van der Waals surface area contributed by atoms with E-state index in [1.807, 2.05) is 24.3 Å². The van der Waals surface area contributed by atoms with E-state index < -0.39 is 0 Å². The van der Waals surface area contributed by atoms with Gasteiger partial charge in [-0.05, 0) is 36.2 Å². The van der Waals surface area contributed by atoms with Crippen LogP contribution in [0, 0.1) is 0 Å². The molecular formula is C17H21N5O2. The number of nitrogens with one attached hydrogen (secondary N) is 4. The van der Waals surface area contributed by atoms with Crippen LogP contribution in [0.2, 0.25) is 0 Å². The number of benzene rings is 1. The van der Waals surface area contributed by atoms with E-state index in [1.54, 1.807) is 24.5 Å². The van der Waals surface area contributed by atoms with Crippen molar-refractivity contribution < 1.29 is 9.90 Å². The molecule has 0 aliphatic carbocycles. The molecule has 7 heteroatoms. The molecule has 2 heterocycles. The van der Waals surface area contributed by atoms with E-state index in [1.165, 1.54) is 0 Å². The van der Waals surface area contributed by atoms with E-state index in [0.717, 1.165) is 11.3 Å². The van der Waals surface area contributed by atoms with Gasteiger partial charge in [0.15, 0.2) is 0 Å². The van der Waals surface area contributed by atoms with Gasteiger partial charge in [-0.25, -0.2) is 10.9 Å². The highest BCUT2D eigenvalue weighted by molar-refractivity contribution is 5.82. The molecule has 1 saturated heterocycles. The summed E-state index contributed by atoms with van der Waals surface area (Å²) in [5.41, 5.74) is 8.11. The summed E-state index contributed by atoms with van der Waals surface area (Å²) in [5.74, 6) is 0.205. The average molecular weight is 327 g/mol. The Bertz CT molecular complexity index is 662. The number of carbonyl (C=O) groups is 1. The average Bonchev–Trinajstić information content (AvgIpc) is 3.10. The number of phenolic OH excluding ortho intramolecular Hbond substituents is 1. The van der Waals surface area contributed by atoms with E-state index in [-0.39, 0.29) is 23.7 Å². The third-order valence-corrected chi connectivity index (χ3v) is 3.93. The molecule has 1 aliphatic rings.